The van der Waals surface area contributed by atoms with Crippen molar-refractivity contribution in [3.63, 3.8) is 0 Å². The van der Waals surface area contributed by atoms with Crippen molar-refractivity contribution in [2.75, 3.05) is 26.4 Å². The SMILES string of the molecule is C=CCOC(=O)CCCCCCCC1CCC(CCCCCC)C(CCCCCCCC)C1CCCCCCCC(=O)OCC=C.C=COCCCCCCCCC1CCC(CCCCCC)C(CCCCCCCC)C1CCCCCCCCOC=C. The lowest BCUT2D eigenvalue weighted by atomic mass is 9.61. The van der Waals surface area contributed by atoms with E-state index in [4.69, 9.17) is 18.9 Å². The number of unbranched alkanes of at least 4 members (excludes halogenated alkanes) is 34. The molecule has 2 aliphatic rings. The summed E-state index contributed by atoms with van der Waals surface area (Å²) in [6.45, 7) is 26.2. The summed E-state index contributed by atoms with van der Waals surface area (Å²) in [6, 6.07) is 0. The second-order valence-corrected chi connectivity index (χ2v) is 28.1. The standard InChI is InChI=1S/C42H76O4.C40H76O2/c1-5-9-11-13-17-23-29-39-37(27-21-12-10-6-2)33-34-38(28-22-16-14-19-25-31-41(43)45-35-7-3)40(39)30-24-18-15-20-26-32-42(44)46-36-8-4;1-5-9-11-13-19-25-31-39-37(29-23-12-10-6-2)33-34-38(30-24-18-14-16-21-27-35-41-7-3)40(39)32-26-20-15-17-22-28-36-42-8-4/h7-8,37-40H,3-6,9-36H2,1-2H3;7-8,37-40H,3-6,9-36H2,1-2H3. The van der Waals surface area contributed by atoms with Crippen molar-refractivity contribution < 1.29 is 28.5 Å². The minimum absolute atomic E-state index is 0.0847. The predicted molar refractivity (Wildman–Crippen MR) is 384 cm³/mol. The van der Waals surface area contributed by atoms with Crippen molar-refractivity contribution in [1.29, 1.82) is 0 Å². The van der Waals surface area contributed by atoms with Crippen LogP contribution in [0.3, 0.4) is 0 Å². The first-order valence-electron chi connectivity index (χ1n) is 39.3. The van der Waals surface area contributed by atoms with Crippen molar-refractivity contribution in [3.8, 4) is 0 Å². The summed E-state index contributed by atoms with van der Waals surface area (Å²) in [5, 5.41) is 0. The molecule has 8 atom stereocenters. The van der Waals surface area contributed by atoms with E-state index < -0.39 is 0 Å². The van der Waals surface area contributed by atoms with E-state index in [9.17, 15) is 9.59 Å². The summed E-state index contributed by atoms with van der Waals surface area (Å²) < 4.78 is 20.8. The van der Waals surface area contributed by atoms with E-state index in [0.29, 0.717) is 26.1 Å². The molecule has 0 aromatic carbocycles. The Bertz CT molecular complexity index is 1540. The van der Waals surface area contributed by atoms with Gasteiger partial charge in [-0.25, -0.2) is 0 Å². The van der Waals surface area contributed by atoms with Crippen molar-refractivity contribution in [1.82, 2.24) is 0 Å². The highest BCUT2D eigenvalue weighted by Gasteiger charge is 2.39. The smallest absolute Gasteiger partial charge is 0.306 e. The van der Waals surface area contributed by atoms with Crippen molar-refractivity contribution >= 4 is 11.9 Å². The molecule has 0 aliphatic heterocycles. The molecular weight excluding hydrogens is 1080 g/mol. The van der Waals surface area contributed by atoms with E-state index in [0.717, 1.165) is 86.2 Å². The van der Waals surface area contributed by atoms with E-state index in [1.54, 1.807) is 24.7 Å². The van der Waals surface area contributed by atoms with Gasteiger partial charge in [0.15, 0.2) is 0 Å². The fraction of sp³-hybridized carbons (Fsp3) is 0.878. The molecule has 0 aromatic rings. The van der Waals surface area contributed by atoms with E-state index in [2.05, 4.69) is 54.0 Å². The molecule has 88 heavy (non-hydrogen) atoms. The predicted octanol–water partition coefficient (Wildman–Crippen LogP) is 26.6. The minimum Gasteiger partial charge on any atom is -0.502 e. The van der Waals surface area contributed by atoms with Gasteiger partial charge < -0.3 is 18.9 Å². The van der Waals surface area contributed by atoms with Crippen LogP contribution < -0.4 is 0 Å². The molecule has 2 aliphatic carbocycles. The number of rotatable bonds is 64. The van der Waals surface area contributed by atoms with Crippen LogP contribution in [0.4, 0.5) is 0 Å². The second-order valence-electron chi connectivity index (χ2n) is 28.1. The van der Waals surface area contributed by atoms with Gasteiger partial charge >= 0.3 is 11.9 Å². The average molecular weight is 1230 g/mol. The maximum Gasteiger partial charge on any atom is 0.306 e. The quantitative estimate of drug-likeness (QED) is 0.0262. The van der Waals surface area contributed by atoms with E-state index >= 15 is 0 Å². The molecule has 0 heterocycles. The molecule has 6 nitrogen and oxygen atoms in total. The fourth-order valence-corrected chi connectivity index (χ4v) is 15.9. The highest BCUT2D eigenvalue weighted by molar-refractivity contribution is 5.69. The van der Waals surface area contributed by atoms with Gasteiger partial charge in [-0.1, -0.05) is 336 Å². The third-order valence-corrected chi connectivity index (χ3v) is 20.9. The normalized spacial score (nSPS) is 20.0. The second kappa shape index (κ2) is 64.6. The largest absolute Gasteiger partial charge is 0.502 e. The van der Waals surface area contributed by atoms with Crippen LogP contribution in [-0.4, -0.2) is 38.4 Å². The summed E-state index contributed by atoms with van der Waals surface area (Å²) in [4.78, 5) is 23.6. The van der Waals surface area contributed by atoms with Crippen LogP contribution in [0.5, 0.6) is 0 Å². The summed E-state index contributed by atoms with van der Waals surface area (Å²) >= 11 is 0. The monoisotopic (exact) mass is 1230 g/mol. The molecule has 8 unspecified atom stereocenters. The number of carbonyl (C=O) groups excluding carboxylic acids is 2. The van der Waals surface area contributed by atoms with Crippen molar-refractivity contribution in [2.24, 2.45) is 47.3 Å². The number of hydrogen-bond donors (Lipinski definition) is 0. The Morgan fingerprint density at radius 1 is 0.295 bits per heavy atom. The molecule has 0 radical (unpaired) electrons. The molecule has 0 N–H and O–H groups in total. The van der Waals surface area contributed by atoms with Crippen molar-refractivity contribution in [3.05, 3.63) is 51.0 Å². The summed E-state index contributed by atoms with van der Waals surface area (Å²) in [5.74, 6) is 7.51. The number of esters is 2. The van der Waals surface area contributed by atoms with Gasteiger partial charge in [0.1, 0.15) is 13.2 Å². The molecule has 2 saturated carbocycles. The average Bonchev–Trinajstić information content (AvgIpc) is 2.92. The topological polar surface area (TPSA) is 71.1 Å². The van der Waals surface area contributed by atoms with Crippen LogP contribution in [0, 0.1) is 47.3 Å². The van der Waals surface area contributed by atoms with Gasteiger partial charge in [-0.3, -0.25) is 9.59 Å². The first kappa shape index (κ1) is 83.5. The van der Waals surface area contributed by atoms with Gasteiger partial charge in [0.05, 0.1) is 25.7 Å². The molecule has 0 aromatic heterocycles. The molecule has 516 valence electrons. The van der Waals surface area contributed by atoms with Gasteiger partial charge in [-0.05, 0) is 124 Å². The fourth-order valence-electron chi connectivity index (χ4n) is 15.9. The van der Waals surface area contributed by atoms with Crippen LogP contribution in [0.1, 0.15) is 387 Å². The molecule has 0 spiro atoms. The highest BCUT2D eigenvalue weighted by Crippen LogP contribution is 2.49. The zero-order valence-corrected chi connectivity index (χ0v) is 59.6. The van der Waals surface area contributed by atoms with Crippen molar-refractivity contribution in [2.45, 2.75) is 387 Å². The Morgan fingerprint density at radius 2 is 0.511 bits per heavy atom. The Kier molecular flexibility index (Phi) is 61.3. The summed E-state index contributed by atoms with van der Waals surface area (Å²) in [7, 11) is 0. The lowest BCUT2D eigenvalue weighted by molar-refractivity contribution is -0.143. The Hall–Kier alpha value is -2.50. The third kappa shape index (κ3) is 47.4. The Labute approximate surface area is 549 Å². The van der Waals surface area contributed by atoms with Gasteiger partial charge in [0.25, 0.3) is 0 Å². The first-order chi connectivity index (χ1) is 43.3. The van der Waals surface area contributed by atoms with E-state index in [1.807, 2.05) is 0 Å². The van der Waals surface area contributed by atoms with E-state index in [1.165, 1.54) is 321 Å². The molecule has 0 amide bonds. The zero-order chi connectivity index (χ0) is 63.9. The van der Waals surface area contributed by atoms with Crippen LogP contribution in [0.25, 0.3) is 0 Å². The lowest BCUT2D eigenvalue weighted by Crippen LogP contribution is -2.35. The van der Waals surface area contributed by atoms with Crippen LogP contribution in [0.2, 0.25) is 0 Å². The highest BCUT2D eigenvalue weighted by atomic mass is 16.5. The third-order valence-electron chi connectivity index (χ3n) is 20.9. The Balaban J connectivity index is 0.000000884. The maximum atomic E-state index is 11.8. The van der Waals surface area contributed by atoms with Gasteiger partial charge in [0, 0.05) is 12.8 Å². The van der Waals surface area contributed by atoms with Gasteiger partial charge in [0.2, 0.25) is 0 Å². The summed E-state index contributed by atoms with van der Waals surface area (Å²) in [5.41, 5.74) is 0. The number of hydrogen-bond acceptors (Lipinski definition) is 6. The number of ether oxygens (including phenoxy) is 4. The molecular formula is C82H152O6. The van der Waals surface area contributed by atoms with Gasteiger partial charge in [-0.2, -0.15) is 0 Å². The number of carbonyl (C=O) groups is 2. The Morgan fingerprint density at radius 3 is 0.761 bits per heavy atom. The molecule has 0 saturated heterocycles. The first-order valence-corrected chi connectivity index (χ1v) is 39.3. The zero-order valence-electron chi connectivity index (χ0n) is 59.6. The minimum atomic E-state index is -0.0865. The molecule has 0 bridgehead atoms. The molecule has 2 fully saturated rings. The summed E-state index contributed by atoms with van der Waals surface area (Å²) in [6.07, 6.45) is 81.9. The van der Waals surface area contributed by atoms with Gasteiger partial charge in [-0.15, -0.1) is 0 Å². The molecule has 6 heteroatoms. The lowest BCUT2D eigenvalue weighted by Gasteiger charge is -2.44. The molecule has 2 rings (SSSR count). The maximum absolute atomic E-state index is 11.8. The van der Waals surface area contributed by atoms with Crippen LogP contribution in [-0.2, 0) is 28.5 Å². The van der Waals surface area contributed by atoms with Crippen LogP contribution >= 0.6 is 0 Å². The van der Waals surface area contributed by atoms with E-state index in [-0.39, 0.29) is 11.9 Å². The van der Waals surface area contributed by atoms with Crippen LogP contribution in [0.15, 0.2) is 51.0 Å².